The molecular formula is C20H22F3N3O3S. The fourth-order valence-corrected chi connectivity index (χ4v) is 4.57. The maximum absolute atomic E-state index is 13.1. The molecule has 2 aromatic carbocycles. The van der Waals surface area contributed by atoms with Gasteiger partial charge in [0, 0.05) is 44.8 Å². The number of amides is 1. The number of rotatable bonds is 6. The lowest BCUT2D eigenvalue weighted by Gasteiger charge is -2.36. The molecule has 1 saturated heterocycles. The molecule has 0 bridgehead atoms. The summed E-state index contributed by atoms with van der Waals surface area (Å²) < 4.78 is 65.9. The lowest BCUT2D eigenvalue weighted by atomic mass is 10.2. The number of hydrogen-bond donors (Lipinski definition) is 1. The van der Waals surface area contributed by atoms with E-state index < -0.39 is 26.7 Å². The third-order valence-electron chi connectivity index (χ3n) is 4.87. The molecule has 0 spiro atoms. The molecule has 0 unspecified atom stereocenters. The van der Waals surface area contributed by atoms with Crippen molar-refractivity contribution in [1.82, 2.24) is 9.62 Å². The van der Waals surface area contributed by atoms with Crippen molar-refractivity contribution in [1.29, 1.82) is 0 Å². The van der Waals surface area contributed by atoms with Gasteiger partial charge in [-0.1, -0.05) is 30.3 Å². The highest BCUT2D eigenvalue weighted by Gasteiger charge is 2.36. The van der Waals surface area contributed by atoms with Crippen LogP contribution < -0.4 is 9.62 Å². The molecule has 2 aromatic rings. The number of halogens is 3. The average Bonchev–Trinajstić information content (AvgIpc) is 2.74. The Bertz CT molecular complexity index is 974. The van der Waals surface area contributed by atoms with Crippen molar-refractivity contribution in [3.8, 4) is 0 Å². The molecule has 0 atom stereocenters. The Morgan fingerprint density at radius 2 is 1.53 bits per heavy atom. The standard InChI is InChI=1S/C20H22F3N3O3S/c21-20(22,23)17-8-4-5-9-18(17)30(28,29)24-11-10-19(27)26-14-12-25(13-15-26)16-6-2-1-3-7-16/h1-9,24H,10-15H2. The molecule has 6 nitrogen and oxygen atoms in total. The van der Waals surface area contributed by atoms with Crippen LogP contribution in [-0.2, 0) is 21.0 Å². The smallest absolute Gasteiger partial charge is 0.368 e. The van der Waals surface area contributed by atoms with Gasteiger partial charge in [-0.15, -0.1) is 0 Å². The number of alkyl halides is 3. The Balaban J connectivity index is 1.53. The van der Waals surface area contributed by atoms with Gasteiger partial charge >= 0.3 is 6.18 Å². The van der Waals surface area contributed by atoms with E-state index in [-0.39, 0.29) is 18.9 Å². The predicted molar refractivity (Wildman–Crippen MR) is 106 cm³/mol. The minimum absolute atomic E-state index is 0.126. The monoisotopic (exact) mass is 441 g/mol. The minimum atomic E-state index is -4.79. The molecule has 1 heterocycles. The van der Waals surface area contributed by atoms with Crippen LogP contribution in [0.4, 0.5) is 18.9 Å². The first kappa shape index (κ1) is 22.1. The first-order valence-electron chi connectivity index (χ1n) is 9.42. The molecule has 0 aliphatic carbocycles. The van der Waals surface area contributed by atoms with Gasteiger partial charge in [-0.2, -0.15) is 13.2 Å². The summed E-state index contributed by atoms with van der Waals surface area (Å²) in [5, 5.41) is 0. The second-order valence-electron chi connectivity index (χ2n) is 6.85. The molecule has 0 saturated carbocycles. The maximum Gasteiger partial charge on any atom is 0.417 e. The average molecular weight is 441 g/mol. The van der Waals surface area contributed by atoms with Crippen LogP contribution in [0.2, 0.25) is 0 Å². The van der Waals surface area contributed by atoms with Gasteiger partial charge in [-0.05, 0) is 24.3 Å². The molecule has 1 aliphatic rings. The van der Waals surface area contributed by atoms with Crippen molar-refractivity contribution < 1.29 is 26.4 Å². The molecule has 30 heavy (non-hydrogen) atoms. The maximum atomic E-state index is 13.1. The lowest BCUT2D eigenvalue weighted by Crippen LogP contribution is -2.49. The Labute approximate surface area is 173 Å². The molecule has 1 aliphatic heterocycles. The SMILES string of the molecule is O=C(CCNS(=O)(=O)c1ccccc1C(F)(F)F)N1CCN(c2ccccc2)CC1. The van der Waals surface area contributed by atoms with Crippen LogP contribution in [0.25, 0.3) is 0 Å². The summed E-state index contributed by atoms with van der Waals surface area (Å²) in [5.74, 6) is -0.241. The zero-order valence-electron chi connectivity index (χ0n) is 16.1. The summed E-state index contributed by atoms with van der Waals surface area (Å²) in [4.78, 5) is 15.3. The fraction of sp³-hybridized carbons (Fsp3) is 0.350. The molecular weight excluding hydrogens is 419 g/mol. The third-order valence-corrected chi connectivity index (χ3v) is 6.39. The number of para-hydroxylation sites is 1. The number of sulfonamides is 1. The van der Waals surface area contributed by atoms with E-state index >= 15 is 0 Å². The lowest BCUT2D eigenvalue weighted by molar-refractivity contribution is -0.140. The zero-order valence-corrected chi connectivity index (χ0v) is 16.9. The zero-order chi connectivity index (χ0) is 21.8. The Hall–Kier alpha value is -2.59. The molecule has 3 rings (SSSR count). The second kappa shape index (κ2) is 9.05. The van der Waals surface area contributed by atoms with E-state index in [0.29, 0.717) is 32.2 Å². The van der Waals surface area contributed by atoms with Crippen LogP contribution in [0.5, 0.6) is 0 Å². The van der Waals surface area contributed by atoms with E-state index in [9.17, 15) is 26.4 Å². The summed E-state index contributed by atoms with van der Waals surface area (Å²) in [6, 6.07) is 13.8. The number of nitrogens with zero attached hydrogens (tertiary/aromatic N) is 2. The number of carbonyl (C=O) groups is 1. The molecule has 0 radical (unpaired) electrons. The number of hydrogen-bond acceptors (Lipinski definition) is 4. The van der Waals surface area contributed by atoms with Gasteiger partial charge in [0.2, 0.25) is 15.9 Å². The van der Waals surface area contributed by atoms with Crippen LogP contribution in [0.3, 0.4) is 0 Å². The van der Waals surface area contributed by atoms with Gasteiger partial charge in [0.1, 0.15) is 0 Å². The summed E-state index contributed by atoms with van der Waals surface area (Å²) in [6.45, 7) is 2.03. The van der Waals surface area contributed by atoms with Crippen LogP contribution in [0.15, 0.2) is 59.5 Å². The summed E-state index contributed by atoms with van der Waals surface area (Å²) >= 11 is 0. The van der Waals surface area contributed by atoms with E-state index in [4.69, 9.17) is 0 Å². The van der Waals surface area contributed by atoms with Crippen LogP contribution in [-0.4, -0.2) is 51.9 Å². The van der Waals surface area contributed by atoms with Crippen LogP contribution in [0, 0.1) is 0 Å². The highest BCUT2D eigenvalue weighted by molar-refractivity contribution is 7.89. The molecule has 1 amide bonds. The molecule has 1 N–H and O–H groups in total. The van der Waals surface area contributed by atoms with Crippen molar-refractivity contribution in [2.75, 3.05) is 37.6 Å². The Morgan fingerprint density at radius 1 is 0.933 bits per heavy atom. The van der Waals surface area contributed by atoms with Gasteiger partial charge in [-0.3, -0.25) is 4.79 Å². The van der Waals surface area contributed by atoms with Crippen molar-refractivity contribution >= 4 is 21.6 Å². The Morgan fingerprint density at radius 3 is 2.17 bits per heavy atom. The molecule has 10 heteroatoms. The third kappa shape index (κ3) is 5.31. The van der Waals surface area contributed by atoms with Crippen molar-refractivity contribution in [3.63, 3.8) is 0 Å². The largest absolute Gasteiger partial charge is 0.417 e. The van der Waals surface area contributed by atoms with E-state index in [1.165, 1.54) is 6.07 Å². The number of carbonyl (C=O) groups excluding carboxylic acids is 1. The normalized spacial score (nSPS) is 15.3. The summed E-state index contributed by atoms with van der Waals surface area (Å²) in [7, 11) is -4.39. The van der Waals surface area contributed by atoms with E-state index in [1.54, 1.807) is 4.90 Å². The summed E-state index contributed by atoms with van der Waals surface area (Å²) in [5.41, 5.74) is -0.165. The quantitative estimate of drug-likeness (QED) is 0.749. The van der Waals surface area contributed by atoms with Crippen molar-refractivity contribution in [2.24, 2.45) is 0 Å². The van der Waals surface area contributed by atoms with Gasteiger partial charge in [-0.25, -0.2) is 13.1 Å². The first-order chi connectivity index (χ1) is 14.2. The number of piperazine rings is 1. The van der Waals surface area contributed by atoms with E-state index in [2.05, 4.69) is 9.62 Å². The number of benzene rings is 2. The van der Waals surface area contributed by atoms with Gasteiger partial charge < -0.3 is 9.80 Å². The van der Waals surface area contributed by atoms with Gasteiger partial charge in [0.15, 0.2) is 0 Å². The van der Waals surface area contributed by atoms with E-state index in [0.717, 1.165) is 17.8 Å². The second-order valence-corrected chi connectivity index (χ2v) is 8.58. The predicted octanol–water partition coefficient (Wildman–Crippen LogP) is 2.72. The van der Waals surface area contributed by atoms with Crippen molar-refractivity contribution in [2.45, 2.75) is 17.5 Å². The topological polar surface area (TPSA) is 69.7 Å². The fourth-order valence-electron chi connectivity index (χ4n) is 3.32. The number of nitrogens with one attached hydrogen (secondary N) is 1. The molecule has 1 fully saturated rings. The highest BCUT2D eigenvalue weighted by Crippen LogP contribution is 2.33. The first-order valence-corrected chi connectivity index (χ1v) is 10.9. The highest BCUT2D eigenvalue weighted by atomic mass is 32.2. The van der Waals surface area contributed by atoms with Crippen LogP contribution in [0.1, 0.15) is 12.0 Å². The number of anilines is 1. The van der Waals surface area contributed by atoms with Crippen LogP contribution >= 0.6 is 0 Å². The minimum Gasteiger partial charge on any atom is -0.368 e. The molecule has 0 aromatic heterocycles. The van der Waals surface area contributed by atoms with Gasteiger partial charge in [0.25, 0.3) is 0 Å². The van der Waals surface area contributed by atoms with E-state index in [1.807, 2.05) is 30.3 Å². The Kier molecular flexibility index (Phi) is 6.67. The molecule has 162 valence electrons. The van der Waals surface area contributed by atoms with Gasteiger partial charge in [0.05, 0.1) is 10.5 Å². The van der Waals surface area contributed by atoms with Crippen molar-refractivity contribution in [3.05, 3.63) is 60.2 Å². The summed E-state index contributed by atoms with van der Waals surface area (Å²) in [6.07, 6.45) is -4.92.